The minimum absolute atomic E-state index is 0.193. The lowest BCUT2D eigenvalue weighted by molar-refractivity contribution is 0.122. The number of piperidine rings is 1. The Morgan fingerprint density at radius 1 is 1.17 bits per heavy atom. The van der Waals surface area contributed by atoms with Gasteiger partial charge in [-0.15, -0.1) is 0 Å². The molecule has 9 heteroatoms. The van der Waals surface area contributed by atoms with Gasteiger partial charge in [0.2, 0.25) is 11.8 Å². The van der Waals surface area contributed by atoms with E-state index >= 15 is 0 Å². The van der Waals surface area contributed by atoms with Gasteiger partial charge in [0.15, 0.2) is 5.58 Å². The van der Waals surface area contributed by atoms with Gasteiger partial charge in [0.05, 0.1) is 13.2 Å². The monoisotopic (exact) mass is 396 g/mol. The number of anilines is 2. The Bertz CT molecular complexity index is 1020. The Hall–Kier alpha value is -2.91. The summed E-state index contributed by atoms with van der Waals surface area (Å²) in [5.74, 6) is 1.33. The summed E-state index contributed by atoms with van der Waals surface area (Å²) in [7, 11) is 0. The van der Waals surface area contributed by atoms with Gasteiger partial charge in [-0.25, -0.2) is 4.98 Å². The van der Waals surface area contributed by atoms with Crippen molar-refractivity contribution in [2.75, 3.05) is 49.6 Å². The number of fused-ring (bicyclic) bond motifs is 1. The van der Waals surface area contributed by atoms with Crippen molar-refractivity contribution < 1.29 is 9.15 Å². The first-order valence-corrected chi connectivity index (χ1v) is 10.1. The molecular weight excluding hydrogens is 372 g/mol. The predicted molar refractivity (Wildman–Crippen MR) is 110 cm³/mol. The maximum atomic E-state index is 13.1. The number of oxazole rings is 1. The Morgan fingerprint density at radius 2 is 2.03 bits per heavy atom. The molecule has 4 heterocycles. The van der Waals surface area contributed by atoms with E-state index in [9.17, 15) is 4.79 Å². The molecule has 152 valence electrons. The maximum absolute atomic E-state index is 13.1. The molecule has 0 bridgehead atoms. The highest BCUT2D eigenvalue weighted by atomic mass is 16.5. The van der Waals surface area contributed by atoms with Crippen LogP contribution >= 0.6 is 0 Å². The third-order valence-electron chi connectivity index (χ3n) is 5.36. The number of hydrogen-bond acceptors (Lipinski definition) is 8. The highest BCUT2D eigenvalue weighted by molar-refractivity contribution is 5.79. The van der Waals surface area contributed by atoms with Crippen LogP contribution in [-0.2, 0) is 4.74 Å². The van der Waals surface area contributed by atoms with Crippen molar-refractivity contribution in [2.24, 2.45) is 0 Å². The molecule has 0 radical (unpaired) electrons. The lowest BCUT2D eigenvalue weighted by atomic mass is 10.1. The second kappa shape index (κ2) is 7.84. The van der Waals surface area contributed by atoms with Crippen molar-refractivity contribution in [2.45, 2.75) is 18.9 Å². The minimum atomic E-state index is -0.265. The van der Waals surface area contributed by atoms with Crippen LogP contribution in [0, 0.1) is 0 Å². The number of para-hydroxylation sites is 2. The number of nitrogens with zero attached hydrogens (tertiary/aromatic N) is 3. The van der Waals surface area contributed by atoms with E-state index in [-0.39, 0.29) is 17.5 Å². The van der Waals surface area contributed by atoms with E-state index in [4.69, 9.17) is 14.1 Å². The van der Waals surface area contributed by atoms with Gasteiger partial charge >= 0.3 is 0 Å². The summed E-state index contributed by atoms with van der Waals surface area (Å²) < 4.78 is 11.3. The van der Waals surface area contributed by atoms with Crippen LogP contribution in [0.2, 0.25) is 0 Å². The number of morpholine rings is 1. The van der Waals surface area contributed by atoms with Gasteiger partial charge in [0.25, 0.3) is 5.56 Å². The molecule has 0 spiro atoms. The molecule has 0 amide bonds. The molecule has 2 aliphatic heterocycles. The van der Waals surface area contributed by atoms with E-state index < -0.39 is 0 Å². The van der Waals surface area contributed by atoms with Gasteiger partial charge in [-0.2, -0.15) is 4.98 Å². The quantitative estimate of drug-likeness (QED) is 0.610. The third kappa shape index (κ3) is 3.70. The number of aromatic nitrogens is 3. The first-order valence-electron chi connectivity index (χ1n) is 10.1. The number of rotatable bonds is 4. The Balaban J connectivity index is 1.58. The Labute approximate surface area is 167 Å². The van der Waals surface area contributed by atoms with Crippen LogP contribution in [0.4, 0.5) is 11.8 Å². The van der Waals surface area contributed by atoms with Crippen molar-refractivity contribution in [3.8, 4) is 11.5 Å². The summed E-state index contributed by atoms with van der Waals surface area (Å²) in [4.78, 5) is 27.4. The molecule has 2 saturated heterocycles. The van der Waals surface area contributed by atoms with Crippen LogP contribution in [0.3, 0.4) is 0 Å². The summed E-state index contributed by atoms with van der Waals surface area (Å²) in [5, 5.41) is 6.85. The van der Waals surface area contributed by atoms with Crippen LogP contribution in [-0.4, -0.2) is 60.4 Å². The predicted octanol–water partition coefficient (Wildman–Crippen LogP) is 1.58. The molecule has 2 fully saturated rings. The normalized spacial score (nSPS) is 20.1. The summed E-state index contributed by atoms with van der Waals surface area (Å²) >= 11 is 0. The van der Waals surface area contributed by atoms with Gasteiger partial charge in [0, 0.05) is 25.7 Å². The molecule has 1 unspecified atom stereocenters. The number of H-pyrrole nitrogens is 1. The van der Waals surface area contributed by atoms with Crippen molar-refractivity contribution in [3.63, 3.8) is 0 Å². The standard InChI is InChI=1S/C20H24N6O3/c27-18-16(19-23-14-5-1-2-6-15(14)29-19)17(22-13-4-3-7-21-12-13)24-20(25-18)26-8-10-28-11-9-26/h1-2,5-6,13,21H,3-4,7-12H2,(H2,22,24,25,27). The smallest absolute Gasteiger partial charge is 0.267 e. The molecular formula is C20H24N6O3. The minimum Gasteiger partial charge on any atom is -0.436 e. The van der Waals surface area contributed by atoms with Gasteiger partial charge in [-0.05, 0) is 31.5 Å². The molecule has 3 N–H and O–H groups in total. The van der Waals surface area contributed by atoms with Crippen molar-refractivity contribution in [1.82, 2.24) is 20.3 Å². The SMILES string of the molecule is O=c1[nH]c(N2CCOCC2)nc(NC2CCCNC2)c1-c1nc2ccccc2o1. The first kappa shape index (κ1) is 18.1. The Morgan fingerprint density at radius 3 is 2.83 bits per heavy atom. The third-order valence-corrected chi connectivity index (χ3v) is 5.36. The van der Waals surface area contributed by atoms with Crippen LogP contribution in [0.1, 0.15) is 12.8 Å². The van der Waals surface area contributed by atoms with Gasteiger partial charge < -0.3 is 24.7 Å². The summed E-state index contributed by atoms with van der Waals surface area (Å²) in [6.45, 7) is 4.45. The highest BCUT2D eigenvalue weighted by Gasteiger charge is 2.24. The van der Waals surface area contributed by atoms with E-state index in [0.29, 0.717) is 54.7 Å². The summed E-state index contributed by atoms with van der Waals surface area (Å²) in [6.07, 6.45) is 2.09. The van der Waals surface area contributed by atoms with Crippen molar-refractivity contribution in [3.05, 3.63) is 34.6 Å². The number of hydrogen-bond donors (Lipinski definition) is 3. The molecule has 1 atom stereocenters. The van der Waals surface area contributed by atoms with Crippen molar-refractivity contribution in [1.29, 1.82) is 0 Å². The lowest BCUT2D eigenvalue weighted by Gasteiger charge is -2.29. The zero-order valence-corrected chi connectivity index (χ0v) is 16.1. The molecule has 29 heavy (non-hydrogen) atoms. The largest absolute Gasteiger partial charge is 0.436 e. The van der Waals surface area contributed by atoms with Crippen LogP contribution < -0.4 is 21.1 Å². The van der Waals surface area contributed by atoms with Crippen LogP contribution in [0.15, 0.2) is 33.5 Å². The average molecular weight is 396 g/mol. The molecule has 0 saturated carbocycles. The zero-order chi connectivity index (χ0) is 19.6. The zero-order valence-electron chi connectivity index (χ0n) is 16.1. The fraction of sp³-hybridized carbons (Fsp3) is 0.450. The molecule has 2 aromatic heterocycles. The maximum Gasteiger partial charge on any atom is 0.267 e. The van der Waals surface area contributed by atoms with E-state index in [1.807, 2.05) is 29.2 Å². The highest BCUT2D eigenvalue weighted by Crippen LogP contribution is 2.28. The summed E-state index contributed by atoms with van der Waals surface area (Å²) in [5.41, 5.74) is 1.43. The van der Waals surface area contributed by atoms with Gasteiger partial charge in [-0.3, -0.25) is 9.78 Å². The number of benzene rings is 1. The van der Waals surface area contributed by atoms with Gasteiger partial charge in [0.1, 0.15) is 16.9 Å². The number of ether oxygens (including phenoxy) is 1. The fourth-order valence-corrected chi connectivity index (χ4v) is 3.84. The number of aromatic amines is 1. The molecule has 9 nitrogen and oxygen atoms in total. The molecule has 1 aromatic carbocycles. The molecule has 0 aliphatic carbocycles. The fourth-order valence-electron chi connectivity index (χ4n) is 3.84. The second-order valence-electron chi connectivity index (χ2n) is 7.39. The van der Waals surface area contributed by atoms with Crippen molar-refractivity contribution >= 4 is 22.9 Å². The topological polar surface area (TPSA) is 108 Å². The lowest BCUT2D eigenvalue weighted by Crippen LogP contribution is -2.40. The molecule has 2 aliphatic rings. The van der Waals surface area contributed by atoms with E-state index in [1.165, 1.54) is 0 Å². The molecule has 5 rings (SSSR count). The first-order chi connectivity index (χ1) is 14.3. The Kier molecular flexibility index (Phi) is 4.91. The number of nitrogens with one attached hydrogen (secondary N) is 3. The van der Waals surface area contributed by atoms with Gasteiger partial charge in [-0.1, -0.05) is 12.1 Å². The van der Waals surface area contributed by atoms with Crippen LogP contribution in [0.5, 0.6) is 0 Å². The average Bonchev–Trinajstić information content (AvgIpc) is 3.18. The second-order valence-corrected chi connectivity index (χ2v) is 7.39. The van der Waals surface area contributed by atoms with E-state index in [1.54, 1.807) is 0 Å². The molecule has 3 aromatic rings. The summed E-state index contributed by atoms with van der Waals surface area (Å²) in [6, 6.07) is 7.68. The van der Waals surface area contributed by atoms with E-state index in [2.05, 4.69) is 20.6 Å². The van der Waals surface area contributed by atoms with E-state index in [0.717, 1.165) is 25.9 Å². The van der Waals surface area contributed by atoms with Crippen LogP contribution in [0.25, 0.3) is 22.6 Å².